The summed E-state index contributed by atoms with van der Waals surface area (Å²) in [6.45, 7) is 0. The normalized spacial score (nSPS) is 10.1. The van der Waals surface area contributed by atoms with Crippen LogP contribution in [0.25, 0.3) is 5.69 Å². The van der Waals surface area contributed by atoms with Gasteiger partial charge in [0, 0.05) is 3.57 Å². The van der Waals surface area contributed by atoms with Gasteiger partial charge in [0.2, 0.25) is 0 Å². The van der Waals surface area contributed by atoms with Crippen molar-refractivity contribution in [3.8, 4) is 5.69 Å². The van der Waals surface area contributed by atoms with E-state index < -0.39 is 0 Å². The lowest BCUT2D eigenvalue weighted by Gasteiger charge is -2.01. The number of benzene rings is 1. The molecule has 2 aromatic rings. The number of aldehydes is 1. The molecule has 0 aliphatic carbocycles. The standard InChI is InChI=1S/C9H6IN3O/c10-7-1-3-8(4-2-7)13-9(6-14)5-11-12-13/h1-6H. The van der Waals surface area contributed by atoms with Crippen molar-refractivity contribution in [2.75, 3.05) is 0 Å². The third-order valence-electron chi connectivity index (χ3n) is 1.77. The molecule has 0 amide bonds. The quantitative estimate of drug-likeness (QED) is 0.626. The first-order valence-electron chi connectivity index (χ1n) is 3.93. The fourth-order valence-corrected chi connectivity index (χ4v) is 1.47. The molecule has 0 saturated carbocycles. The highest BCUT2D eigenvalue weighted by Crippen LogP contribution is 2.11. The second-order valence-corrected chi connectivity index (χ2v) is 3.91. The SMILES string of the molecule is O=Cc1cnnn1-c1ccc(I)cc1. The minimum atomic E-state index is 0.450. The Morgan fingerprint density at radius 1 is 1.29 bits per heavy atom. The Hall–Kier alpha value is -1.24. The molecule has 14 heavy (non-hydrogen) atoms. The minimum Gasteiger partial charge on any atom is -0.296 e. The van der Waals surface area contributed by atoms with Gasteiger partial charge >= 0.3 is 0 Å². The van der Waals surface area contributed by atoms with Crippen molar-refractivity contribution in [1.29, 1.82) is 0 Å². The molecule has 0 radical (unpaired) electrons. The Morgan fingerprint density at radius 2 is 2.00 bits per heavy atom. The molecule has 70 valence electrons. The lowest BCUT2D eigenvalue weighted by Crippen LogP contribution is -2.00. The van der Waals surface area contributed by atoms with Crippen LogP contribution < -0.4 is 0 Å². The average Bonchev–Trinajstić information content (AvgIpc) is 2.67. The molecule has 5 heteroatoms. The second-order valence-electron chi connectivity index (χ2n) is 2.66. The third-order valence-corrected chi connectivity index (χ3v) is 2.49. The van der Waals surface area contributed by atoms with Crippen LogP contribution in [0.15, 0.2) is 30.5 Å². The molecule has 0 aliphatic rings. The van der Waals surface area contributed by atoms with Gasteiger partial charge in [-0.05, 0) is 46.9 Å². The molecule has 1 heterocycles. The summed E-state index contributed by atoms with van der Waals surface area (Å²) in [6.07, 6.45) is 2.17. The predicted molar refractivity (Wildman–Crippen MR) is 59.5 cm³/mol. The van der Waals surface area contributed by atoms with E-state index in [0.29, 0.717) is 5.69 Å². The first-order valence-corrected chi connectivity index (χ1v) is 5.01. The highest BCUT2D eigenvalue weighted by molar-refractivity contribution is 14.1. The largest absolute Gasteiger partial charge is 0.296 e. The van der Waals surface area contributed by atoms with Crippen molar-refractivity contribution < 1.29 is 4.79 Å². The van der Waals surface area contributed by atoms with Gasteiger partial charge in [-0.1, -0.05) is 5.21 Å². The van der Waals surface area contributed by atoms with Gasteiger partial charge in [-0.15, -0.1) is 5.10 Å². The van der Waals surface area contributed by atoms with Crippen LogP contribution in [-0.4, -0.2) is 21.3 Å². The van der Waals surface area contributed by atoms with Crippen LogP contribution in [0, 0.1) is 3.57 Å². The molecular weight excluding hydrogens is 293 g/mol. The summed E-state index contributed by atoms with van der Waals surface area (Å²) in [5, 5.41) is 7.49. The number of carbonyl (C=O) groups is 1. The van der Waals surface area contributed by atoms with Gasteiger partial charge in [0.1, 0.15) is 5.69 Å². The number of nitrogens with zero attached hydrogens (tertiary/aromatic N) is 3. The maximum absolute atomic E-state index is 10.6. The molecule has 0 bridgehead atoms. The van der Waals surface area contributed by atoms with Crippen LogP contribution >= 0.6 is 22.6 Å². The van der Waals surface area contributed by atoms with E-state index in [1.807, 2.05) is 24.3 Å². The molecule has 0 aliphatic heterocycles. The highest BCUT2D eigenvalue weighted by Gasteiger charge is 2.03. The zero-order valence-corrected chi connectivity index (χ0v) is 9.25. The monoisotopic (exact) mass is 299 g/mol. The molecule has 1 aromatic heterocycles. The van der Waals surface area contributed by atoms with Crippen molar-refractivity contribution in [3.05, 3.63) is 39.7 Å². The fourth-order valence-electron chi connectivity index (χ4n) is 1.11. The summed E-state index contributed by atoms with van der Waals surface area (Å²) in [6, 6.07) is 7.69. The van der Waals surface area contributed by atoms with E-state index in [-0.39, 0.29) is 0 Å². The number of hydrogen-bond donors (Lipinski definition) is 0. The van der Waals surface area contributed by atoms with Gasteiger partial charge in [-0.25, -0.2) is 4.68 Å². The molecule has 2 rings (SSSR count). The van der Waals surface area contributed by atoms with E-state index in [4.69, 9.17) is 0 Å². The minimum absolute atomic E-state index is 0.450. The van der Waals surface area contributed by atoms with Gasteiger partial charge in [-0.3, -0.25) is 4.79 Å². The average molecular weight is 299 g/mol. The van der Waals surface area contributed by atoms with Crippen molar-refractivity contribution in [3.63, 3.8) is 0 Å². The summed E-state index contributed by atoms with van der Waals surface area (Å²) in [5.74, 6) is 0. The summed E-state index contributed by atoms with van der Waals surface area (Å²) in [4.78, 5) is 10.6. The molecule has 0 atom stereocenters. The smallest absolute Gasteiger partial charge is 0.170 e. The van der Waals surface area contributed by atoms with Crippen LogP contribution in [-0.2, 0) is 0 Å². The molecule has 0 N–H and O–H groups in total. The Balaban J connectivity index is 2.49. The van der Waals surface area contributed by atoms with Gasteiger partial charge in [0.25, 0.3) is 0 Å². The number of carbonyl (C=O) groups excluding carboxylic acids is 1. The maximum atomic E-state index is 10.6. The van der Waals surface area contributed by atoms with Crippen LogP contribution in [0.5, 0.6) is 0 Å². The molecule has 4 nitrogen and oxygen atoms in total. The summed E-state index contributed by atoms with van der Waals surface area (Å²) >= 11 is 2.22. The predicted octanol–water partition coefficient (Wildman–Crippen LogP) is 1.68. The number of hydrogen-bond acceptors (Lipinski definition) is 3. The topological polar surface area (TPSA) is 47.8 Å². The number of rotatable bonds is 2. The third kappa shape index (κ3) is 1.67. The van der Waals surface area contributed by atoms with E-state index in [9.17, 15) is 4.79 Å². The Bertz CT molecular complexity index is 449. The Labute approximate surface area is 94.1 Å². The molecule has 0 saturated heterocycles. The molecule has 1 aromatic carbocycles. The van der Waals surface area contributed by atoms with Gasteiger partial charge < -0.3 is 0 Å². The van der Waals surface area contributed by atoms with Gasteiger partial charge in [0.05, 0.1) is 11.9 Å². The van der Waals surface area contributed by atoms with Gasteiger partial charge in [-0.2, -0.15) is 0 Å². The van der Waals surface area contributed by atoms with Crippen molar-refractivity contribution in [2.24, 2.45) is 0 Å². The molecule has 0 fully saturated rings. The van der Waals surface area contributed by atoms with Crippen molar-refractivity contribution in [1.82, 2.24) is 15.0 Å². The summed E-state index contributed by atoms with van der Waals surface area (Å²) in [7, 11) is 0. The molecule has 0 unspecified atom stereocenters. The van der Waals surface area contributed by atoms with E-state index in [1.54, 1.807) is 0 Å². The summed E-state index contributed by atoms with van der Waals surface area (Å²) in [5.41, 5.74) is 1.29. The van der Waals surface area contributed by atoms with E-state index in [2.05, 4.69) is 32.9 Å². The fraction of sp³-hybridized carbons (Fsp3) is 0. The Morgan fingerprint density at radius 3 is 2.64 bits per heavy atom. The molecular formula is C9H6IN3O. The van der Waals surface area contributed by atoms with Crippen LogP contribution in [0.4, 0.5) is 0 Å². The van der Waals surface area contributed by atoms with E-state index >= 15 is 0 Å². The Kier molecular flexibility index (Phi) is 2.58. The second kappa shape index (κ2) is 3.87. The maximum Gasteiger partial charge on any atom is 0.170 e. The van der Waals surface area contributed by atoms with Gasteiger partial charge in [0.15, 0.2) is 6.29 Å². The van der Waals surface area contributed by atoms with E-state index in [0.717, 1.165) is 15.5 Å². The lowest BCUT2D eigenvalue weighted by atomic mass is 10.3. The van der Waals surface area contributed by atoms with Crippen LogP contribution in [0.3, 0.4) is 0 Å². The van der Waals surface area contributed by atoms with Crippen LogP contribution in [0.1, 0.15) is 10.5 Å². The first-order chi connectivity index (χ1) is 6.81. The van der Waals surface area contributed by atoms with Crippen molar-refractivity contribution >= 4 is 28.9 Å². The van der Waals surface area contributed by atoms with Crippen LogP contribution in [0.2, 0.25) is 0 Å². The van der Waals surface area contributed by atoms with E-state index in [1.165, 1.54) is 10.9 Å². The number of halogens is 1. The first kappa shape index (κ1) is 9.32. The van der Waals surface area contributed by atoms with Crippen molar-refractivity contribution in [2.45, 2.75) is 0 Å². The zero-order valence-electron chi connectivity index (χ0n) is 7.09. The highest BCUT2D eigenvalue weighted by atomic mass is 127. The molecule has 0 spiro atoms. The zero-order chi connectivity index (χ0) is 9.97. The lowest BCUT2D eigenvalue weighted by molar-refractivity contribution is 0.111. The summed E-state index contributed by atoms with van der Waals surface area (Å²) < 4.78 is 2.64. The number of aromatic nitrogens is 3.